The Bertz CT molecular complexity index is 1350. The van der Waals surface area contributed by atoms with Crippen molar-refractivity contribution < 1.29 is 4.79 Å². The van der Waals surface area contributed by atoms with Gasteiger partial charge in [0.25, 0.3) is 5.56 Å². The van der Waals surface area contributed by atoms with Crippen molar-refractivity contribution in [2.45, 2.75) is 30.7 Å². The molecule has 164 valence electrons. The first-order valence-electron chi connectivity index (χ1n) is 9.88. The smallest absolute Gasteiger partial charge is 0.260 e. The van der Waals surface area contributed by atoms with Crippen LogP contribution >= 0.6 is 46.3 Å². The van der Waals surface area contributed by atoms with Crippen LogP contribution in [0.5, 0.6) is 0 Å². The number of halogens is 2. The Balaban J connectivity index is 1.62. The lowest BCUT2D eigenvalue weighted by Gasteiger charge is -2.15. The Labute approximate surface area is 203 Å². The lowest BCUT2D eigenvalue weighted by molar-refractivity contribution is -0.115. The summed E-state index contributed by atoms with van der Waals surface area (Å²) in [7, 11) is 0. The van der Waals surface area contributed by atoms with Gasteiger partial charge in [0, 0.05) is 15.5 Å². The van der Waals surface area contributed by atoms with Crippen molar-refractivity contribution in [3.05, 3.63) is 73.8 Å². The van der Waals surface area contributed by atoms with Gasteiger partial charge in [-0.25, -0.2) is 4.98 Å². The standard InChI is InChI=1S/C23H19Cl2N3O2S2/c1-3-17(20(29)26-16-10-9-14(24)11-15(16)25)32-23-27-21(30)19-18(12(2)31-22(19)28-23)13-7-5-4-6-8-13/h4-11,17H,3H2,1-2H3,(H,26,29)(H,27,28,30). The molecule has 9 heteroatoms. The minimum atomic E-state index is -0.461. The molecule has 0 aliphatic carbocycles. The molecule has 0 saturated carbocycles. The molecule has 0 radical (unpaired) electrons. The van der Waals surface area contributed by atoms with Crippen LogP contribution in [0.4, 0.5) is 5.69 Å². The number of carbonyl (C=O) groups excluding carboxylic acids is 1. The Kier molecular flexibility index (Phi) is 6.90. The first-order valence-corrected chi connectivity index (χ1v) is 12.3. The molecule has 1 atom stereocenters. The highest BCUT2D eigenvalue weighted by atomic mass is 35.5. The molecule has 0 aliphatic heterocycles. The number of thioether (sulfide) groups is 1. The molecule has 0 spiro atoms. The van der Waals surface area contributed by atoms with Crippen molar-refractivity contribution >= 4 is 68.1 Å². The summed E-state index contributed by atoms with van der Waals surface area (Å²) >= 11 is 14.8. The summed E-state index contributed by atoms with van der Waals surface area (Å²) in [5, 5.41) is 4.21. The van der Waals surface area contributed by atoms with Gasteiger partial charge in [0.2, 0.25) is 5.91 Å². The van der Waals surface area contributed by atoms with Crippen LogP contribution in [-0.2, 0) is 4.79 Å². The van der Waals surface area contributed by atoms with Gasteiger partial charge in [-0.15, -0.1) is 11.3 Å². The van der Waals surface area contributed by atoms with Crippen molar-refractivity contribution in [1.82, 2.24) is 9.97 Å². The highest BCUT2D eigenvalue weighted by molar-refractivity contribution is 8.00. The molecule has 0 bridgehead atoms. The zero-order chi connectivity index (χ0) is 22.8. The number of aromatic amines is 1. The fourth-order valence-electron chi connectivity index (χ4n) is 3.37. The fourth-order valence-corrected chi connectivity index (χ4v) is 5.83. The highest BCUT2D eigenvalue weighted by Gasteiger charge is 2.22. The first kappa shape index (κ1) is 22.9. The van der Waals surface area contributed by atoms with Gasteiger partial charge in [0.1, 0.15) is 4.83 Å². The number of fused-ring (bicyclic) bond motifs is 1. The third-order valence-corrected chi connectivity index (χ3v) is 7.68. The zero-order valence-electron chi connectivity index (χ0n) is 17.2. The van der Waals surface area contributed by atoms with E-state index in [9.17, 15) is 9.59 Å². The molecular formula is C23H19Cl2N3O2S2. The van der Waals surface area contributed by atoms with E-state index in [1.165, 1.54) is 23.1 Å². The zero-order valence-corrected chi connectivity index (χ0v) is 20.4. The van der Waals surface area contributed by atoms with Gasteiger partial charge in [-0.05, 0) is 37.1 Å². The summed E-state index contributed by atoms with van der Waals surface area (Å²) in [4.78, 5) is 35.0. The number of anilines is 1. The lowest BCUT2D eigenvalue weighted by Crippen LogP contribution is -2.25. The third kappa shape index (κ3) is 4.71. The van der Waals surface area contributed by atoms with E-state index in [1.54, 1.807) is 18.2 Å². The molecule has 2 aromatic carbocycles. The van der Waals surface area contributed by atoms with Crippen molar-refractivity contribution in [3.63, 3.8) is 0 Å². The summed E-state index contributed by atoms with van der Waals surface area (Å²) in [5.41, 5.74) is 2.16. The Hall–Kier alpha value is -2.32. The number of H-pyrrole nitrogens is 1. The number of thiophene rings is 1. The predicted octanol–water partition coefficient (Wildman–Crippen LogP) is 6.78. The maximum absolute atomic E-state index is 13.0. The lowest BCUT2D eigenvalue weighted by atomic mass is 10.0. The van der Waals surface area contributed by atoms with Crippen molar-refractivity contribution in [2.75, 3.05) is 5.32 Å². The molecule has 0 aliphatic rings. The molecule has 32 heavy (non-hydrogen) atoms. The predicted molar refractivity (Wildman–Crippen MR) is 135 cm³/mol. The van der Waals surface area contributed by atoms with E-state index in [4.69, 9.17) is 23.2 Å². The van der Waals surface area contributed by atoms with Crippen LogP contribution < -0.4 is 10.9 Å². The van der Waals surface area contributed by atoms with Crippen LogP contribution in [0.1, 0.15) is 18.2 Å². The number of hydrogen-bond donors (Lipinski definition) is 2. The average Bonchev–Trinajstić information content (AvgIpc) is 3.10. The second kappa shape index (κ2) is 9.67. The number of aryl methyl sites for hydroxylation is 1. The topological polar surface area (TPSA) is 74.8 Å². The monoisotopic (exact) mass is 503 g/mol. The molecule has 2 aromatic heterocycles. The quantitative estimate of drug-likeness (QED) is 0.224. The van der Waals surface area contributed by atoms with Gasteiger partial charge in [0.05, 0.1) is 21.3 Å². The van der Waals surface area contributed by atoms with Gasteiger partial charge in [-0.3, -0.25) is 9.59 Å². The normalized spacial score (nSPS) is 12.1. The largest absolute Gasteiger partial charge is 0.324 e. The van der Waals surface area contributed by atoms with Gasteiger partial charge in [-0.2, -0.15) is 0 Å². The van der Waals surface area contributed by atoms with Gasteiger partial charge in [-0.1, -0.05) is 72.2 Å². The minimum absolute atomic E-state index is 0.211. The van der Waals surface area contributed by atoms with Crippen LogP contribution in [0, 0.1) is 6.92 Å². The Morgan fingerprint density at radius 3 is 2.66 bits per heavy atom. The number of amides is 1. The SMILES string of the molecule is CCC(Sc1nc2sc(C)c(-c3ccccc3)c2c(=O)[nH]1)C(=O)Nc1ccc(Cl)cc1Cl. The molecule has 2 N–H and O–H groups in total. The summed E-state index contributed by atoms with van der Waals surface area (Å²) in [5.74, 6) is -0.225. The number of nitrogens with one attached hydrogen (secondary N) is 2. The third-order valence-electron chi connectivity index (χ3n) is 4.88. The fraction of sp³-hybridized carbons (Fsp3) is 0.174. The molecule has 1 amide bonds. The van der Waals surface area contributed by atoms with Crippen LogP contribution in [-0.4, -0.2) is 21.1 Å². The van der Waals surface area contributed by atoms with Crippen LogP contribution in [0.25, 0.3) is 21.3 Å². The number of rotatable bonds is 6. The van der Waals surface area contributed by atoms with E-state index < -0.39 is 5.25 Å². The van der Waals surface area contributed by atoms with Gasteiger partial charge < -0.3 is 10.3 Å². The van der Waals surface area contributed by atoms with Crippen LogP contribution in [0.15, 0.2) is 58.5 Å². The number of nitrogens with zero attached hydrogens (tertiary/aromatic N) is 1. The van der Waals surface area contributed by atoms with Crippen LogP contribution in [0.3, 0.4) is 0 Å². The van der Waals surface area contributed by atoms with Crippen LogP contribution in [0.2, 0.25) is 10.0 Å². The minimum Gasteiger partial charge on any atom is -0.324 e. The van der Waals surface area contributed by atoms with E-state index in [0.717, 1.165) is 16.0 Å². The molecule has 5 nitrogen and oxygen atoms in total. The Morgan fingerprint density at radius 1 is 1.22 bits per heavy atom. The van der Waals surface area contributed by atoms with E-state index in [1.807, 2.05) is 44.2 Å². The van der Waals surface area contributed by atoms with Crippen molar-refractivity contribution in [1.29, 1.82) is 0 Å². The summed E-state index contributed by atoms with van der Waals surface area (Å²) in [6.07, 6.45) is 0.544. The first-order chi connectivity index (χ1) is 15.4. The van der Waals surface area contributed by atoms with Gasteiger partial charge in [0.15, 0.2) is 5.16 Å². The Morgan fingerprint density at radius 2 is 1.97 bits per heavy atom. The second-order valence-electron chi connectivity index (χ2n) is 7.08. The molecule has 2 heterocycles. The summed E-state index contributed by atoms with van der Waals surface area (Å²) in [6.45, 7) is 3.89. The molecular weight excluding hydrogens is 485 g/mol. The summed E-state index contributed by atoms with van der Waals surface area (Å²) < 4.78 is 0. The van der Waals surface area contributed by atoms with E-state index in [-0.39, 0.29) is 11.5 Å². The van der Waals surface area contributed by atoms with E-state index >= 15 is 0 Å². The summed E-state index contributed by atoms with van der Waals surface area (Å²) in [6, 6.07) is 14.7. The number of hydrogen-bond acceptors (Lipinski definition) is 5. The molecule has 0 saturated heterocycles. The molecule has 4 aromatic rings. The molecule has 1 unspecified atom stereocenters. The van der Waals surface area contributed by atoms with E-state index in [0.29, 0.717) is 37.5 Å². The maximum atomic E-state index is 13.0. The average molecular weight is 504 g/mol. The van der Waals surface area contributed by atoms with E-state index in [2.05, 4.69) is 15.3 Å². The van der Waals surface area contributed by atoms with Crippen molar-refractivity contribution in [2.24, 2.45) is 0 Å². The molecule has 4 rings (SSSR count). The molecule has 0 fully saturated rings. The number of aromatic nitrogens is 2. The highest BCUT2D eigenvalue weighted by Crippen LogP contribution is 2.36. The number of benzene rings is 2. The van der Waals surface area contributed by atoms with Crippen molar-refractivity contribution in [3.8, 4) is 11.1 Å². The van der Waals surface area contributed by atoms with Gasteiger partial charge >= 0.3 is 0 Å². The second-order valence-corrected chi connectivity index (χ2v) is 10.3. The number of carbonyl (C=O) groups is 1. The maximum Gasteiger partial charge on any atom is 0.260 e.